The van der Waals surface area contributed by atoms with Crippen LogP contribution in [0.25, 0.3) is 11.4 Å². The number of hydrogen-bond donors (Lipinski definition) is 0. The topological polar surface area (TPSA) is 68.1 Å². The fourth-order valence-electron chi connectivity index (χ4n) is 3.29. The molecule has 130 valence electrons. The van der Waals surface area contributed by atoms with Crippen molar-refractivity contribution in [1.29, 1.82) is 0 Å². The van der Waals surface area contributed by atoms with Gasteiger partial charge in [0.1, 0.15) is 10.0 Å². The van der Waals surface area contributed by atoms with E-state index in [9.17, 15) is 8.42 Å². The summed E-state index contributed by atoms with van der Waals surface area (Å²) in [6.45, 7) is 2.99. The summed E-state index contributed by atoms with van der Waals surface area (Å²) in [6, 6.07) is 7.36. The molecule has 0 aliphatic carbocycles. The SMILES string of the molecule is Cc1cnc(-c2cccnc2)n1C1CCN(S(=O)(=O)c2cccs2)C1. The van der Waals surface area contributed by atoms with Crippen molar-refractivity contribution in [3.8, 4) is 11.4 Å². The van der Waals surface area contributed by atoms with Gasteiger partial charge in [-0.05, 0) is 36.9 Å². The van der Waals surface area contributed by atoms with Crippen molar-refractivity contribution < 1.29 is 8.42 Å². The molecule has 1 saturated heterocycles. The Labute approximate surface area is 150 Å². The Morgan fingerprint density at radius 3 is 2.84 bits per heavy atom. The van der Waals surface area contributed by atoms with E-state index in [1.165, 1.54) is 11.3 Å². The predicted octanol–water partition coefficient (Wildman–Crippen LogP) is 2.95. The van der Waals surface area contributed by atoms with Gasteiger partial charge in [-0.25, -0.2) is 13.4 Å². The number of aromatic nitrogens is 3. The summed E-state index contributed by atoms with van der Waals surface area (Å²) in [5, 5.41) is 1.79. The lowest BCUT2D eigenvalue weighted by atomic mass is 10.2. The molecule has 4 heterocycles. The molecule has 6 nitrogen and oxygen atoms in total. The number of rotatable bonds is 4. The third-order valence-corrected chi connectivity index (χ3v) is 7.72. The van der Waals surface area contributed by atoms with E-state index in [-0.39, 0.29) is 6.04 Å². The maximum Gasteiger partial charge on any atom is 0.252 e. The fourth-order valence-corrected chi connectivity index (χ4v) is 5.93. The molecular formula is C17H18N4O2S2. The number of nitrogens with zero attached hydrogens (tertiary/aromatic N) is 4. The van der Waals surface area contributed by atoms with E-state index < -0.39 is 10.0 Å². The minimum absolute atomic E-state index is 0.0763. The highest BCUT2D eigenvalue weighted by molar-refractivity contribution is 7.91. The van der Waals surface area contributed by atoms with Gasteiger partial charge in [-0.2, -0.15) is 4.31 Å². The summed E-state index contributed by atoms with van der Waals surface area (Å²) >= 11 is 1.26. The first kappa shape index (κ1) is 16.4. The summed E-state index contributed by atoms with van der Waals surface area (Å²) in [4.78, 5) is 8.69. The zero-order valence-corrected chi connectivity index (χ0v) is 15.4. The van der Waals surface area contributed by atoms with E-state index in [1.54, 1.807) is 34.2 Å². The third-order valence-electron chi connectivity index (χ3n) is 4.48. The molecule has 1 aliphatic heterocycles. The lowest BCUT2D eigenvalue weighted by Crippen LogP contribution is -2.29. The van der Waals surface area contributed by atoms with Gasteiger partial charge in [0.05, 0.1) is 6.04 Å². The second-order valence-electron chi connectivity index (χ2n) is 6.07. The number of pyridine rings is 1. The molecule has 4 rings (SSSR count). The van der Waals surface area contributed by atoms with Crippen molar-refractivity contribution >= 4 is 21.4 Å². The Balaban J connectivity index is 1.64. The molecule has 1 atom stereocenters. The van der Waals surface area contributed by atoms with E-state index >= 15 is 0 Å². The lowest BCUT2D eigenvalue weighted by molar-refractivity contribution is 0.452. The summed E-state index contributed by atoms with van der Waals surface area (Å²) in [7, 11) is -3.40. The average Bonchev–Trinajstić information content (AvgIpc) is 3.36. The number of imidazole rings is 1. The molecule has 3 aromatic heterocycles. The first-order valence-corrected chi connectivity index (χ1v) is 10.4. The molecule has 0 saturated carbocycles. The second-order valence-corrected chi connectivity index (χ2v) is 9.18. The van der Waals surface area contributed by atoms with Gasteiger partial charge >= 0.3 is 0 Å². The molecule has 8 heteroatoms. The molecule has 0 bridgehead atoms. The van der Waals surface area contributed by atoms with Crippen molar-refractivity contribution in [2.24, 2.45) is 0 Å². The van der Waals surface area contributed by atoms with Gasteiger partial charge in [0.2, 0.25) is 0 Å². The van der Waals surface area contributed by atoms with Crippen molar-refractivity contribution in [1.82, 2.24) is 18.8 Å². The van der Waals surface area contributed by atoms with Crippen LogP contribution < -0.4 is 0 Å². The van der Waals surface area contributed by atoms with Crippen LogP contribution in [0.1, 0.15) is 18.2 Å². The lowest BCUT2D eigenvalue weighted by Gasteiger charge is -2.19. The molecule has 0 amide bonds. The van der Waals surface area contributed by atoms with Gasteiger partial charge in [0, 0.05) is 42.9 Å². The number of thiophene rings is 1. The van der Waals surface area contributed by atoms with Crippen LogP contribution in [0.3, 0.4) is 0 Å². The molecule has 0 aromatic carbocycles. The van der Waals surface area contributed by atoms with Gasteiger partial charge in [0.15, 0.2) is 0 Å². The van der Waals surface area contributed by atoms with Crippen LogP contribution >= 0.6 is 11.3 Å². The van der Waals surface area contributed by atoms with E-state index in [1.807, 2.05) is 25.3 Å². The molecule has 3 aromatic rings. The fraction of sp³-hybridized carbons (Fsp3) is 0.294. The maximum atomic E-state index is 12.8. The summed E-state index contributed by atoms with van der Waals surface area (Å²) in [6.07, 6.45) is 6.12. The Hall–Kier alpha value is -2.03. The van der Waals surface area contributed by atoms with Crippen LogP contribution in [0.5, 0.6) is 0 Å². The standard InChI is InChI=1S/C17H18N4O2S2/c1-13-10-19-17(14-4-2-7-18-11-14)21(13)15-6-8-20(12-15)25(22,23)16-5-3-9-24-16/h2-5,7,9-11,15H,6,8,12H2,1H3. The van der Waals surface area contributed by atoms with Gasteiger partial charge < -0.3 is 4.57 Å². The molecule has 25 heavy (non-hydrogen) atoms. The highest BCUT2D eigenvalue weighted by Gasteiger charge is 2.35. The highest BCUT2D eigenvalue weighted by atomic mass is 32.2. The zero-order valence-electron chi connectivity index (χ0n) is 13.7. The zero-order chi connectivity index (χ0) is 17.4. The minimum Gasteiger partial charge on any atom is -0.324 e. The number of aryl methyl sites for hydroxylation is 1. The second kappa shape index (κ2) is 6.36. The Morgan fingerprint density at radius 1 is 1.24 bits per heavy atom. The van der Waals surface area contributed by atoms with E-state index in [4.69, 9.17) is 0 Å². The molecule has 0 spiro atoms. The molecule has 1 unspecified atom stereocenters. The number of sulfonamides is 1. The van der Waals surface area contributed by atoms with Gasteiger partial charge in [-0.3, -0.25) is 4.98 Å². The summed E-state index contributed by atoms with van der Waals surface area (Å²) < 4.78 is 29.6. The van der Waals surface area contributed by atoms with Crippen molar-refractivity contribution in [2.45, 2.75) is 23.6 Å². The van der Waals surface area contributed by atoms with Gasteiger partial charge in [0.25, 0.3) is 10.0 Å². The monoisotopic (exact) mass is 374 g/mol. The van der Waals surface area contributed by atoms with Crippen LogP contribution in [-0.4, -0.2) is 40.3 Å². The van der Waals surface area contributed by atoms with Crippen molar-refractivity contribution in [3.05, 3.63) is 53.9 Å². The largest absolute Gasteiger partial charge is 0.324 e. The molecular weight excluding hydrogens is 356 g/mol. The van der Waals surface area contributed by atoms with Gasteiger partial charge in [-0.1, -0.05) is 6.07 Å². The van der Waals surface area contributed by atoms with Crippen molar-refractivity contribution in [2.75, 3.05) is 13.1 Å². The van der Waals surface area contributed by atoms with Crippen molar-refractivity contribution in [3.63, 3.8) is 0 Å². The summed E-state index contributed by atoms with van der Waals surface area (Å²) in [5.41, 5.74) is 1.97. The van der Waals surface area contributed by atoms with Crippen LogP contribution in [0.2, 0.25) is 0 Å². The number of hydrogen-bond acceptors (Lipinski definition) is 5. The first-order chi connectivity index (χ1) is 12.1. The summed E-state index contributed by atoms with van der Waals surface area (Å²) in [5.74, 6) is 0.839. The van der Waals surface area contributed by atoms with Gasteiger partial charge in [-0.15, -0.1) is 11.3 Å². The third kappa shape index (κ3) is 2.90. The molecule has 0 N–H and O–H groups in total. The predicted molar refractivity (Wildman–Crippen MR) is 96.9 cm³/mol. The maximum absolute atomic E-state index is 12.8. The normalized spacial score (nSPS) is 18.7. The Kier molecular flexibility index (Phi) is 4.18. The van der Waals surface area contributed by atoms with E-state index in [0.717, 1.165) is 23.5 Å². The highest BCUT2D eigenvalue weighted by Crippen LogP contribution is 2.32. The van der Waals surface area contributed by atoms with Crippen LogP contribution in [0.4, 0.5) is 0 Å². The molecule has 1 fully saturated rings. The quantitative estimate of drug-likeness (QED) is 0.704. The van der Waals surface area contributed by atoms with Crippen LogP contribution in [-0.2, 0) is 10.0 Å². The van der Waals surface area contributed by atoms with Crippen LogP contribution in [0, 0.1) is 6.92 Å². The Morgan fingerprint density at radius 2 is 2.12 bits per heavy atom. The average molecular weight is 374 g/mol. The molecule has 0 radical (unpaired) electrons. The first-order valence-electron chi connectivity index (χ1n) is 8.05. The smallest absolute Gasteiger partial charge is 0.252 e. The molecule has 1 aliphatic rings. The van der Waals surface area contributed by atoms with E-state index in [0.29, 0.717) is 17.3 Å². The van der Waals surface area contributed by atoms with Crippen LogP contribution in [0.15, 0.2) is 52.4 Å². The van der Waals surface area contributed by atoms with E-state index in [2.05, 4.69) is 14.5 Å². The Bertz CT molecular complexity index is 966. The minimum atomic E-state index is -3.40.